The summed E-state index contributed by atoms with van der Waals surface area (Å²) in [5, 5.41) is 3.02. The lowest BCUT2D eigenvalue weighted by Gasteiger charge is -2.23. The van der Waals surface area contributed by atoms with Gasteiger partial charge in [-0.2, -0.15) is 0 Å². The average Bonchev–Trinajstić information content (AvgIpc) is 2.89. The van der Waals surface area contributed by atoms with E-state index in [4.69, 9.17) is 0 Å². The lowest BCUT2D eigenvalue weighted by atomic mass is 10.1. The van der Waals surface area contributed by atoms with Crippen molar-refractivity contribution in [2.45, 2.75) is 45.7 Å². The van der Waals surface area contributed by atoms with Crippen molar-refractivity contribution < 1.29 is 9.59 Å². The predicted molar refractivity (Wildman–Crippen MR) is 82.6 cm³/mol. The minimum absolute atomic E-state index is 0.0227. The number of nitrogens with one attached hydrogen (secondary N) is 1. The Balaban J connectivity index is 1.94. The second kappa shape index (κ2) is 6.74. The monoisotopic (exact) mass is 288 g/mol. The molecule has 0 saturated carbocycles. The number of hydrogen-bond acceptors (Lipinski definition) is 2. The summed E-state index contributed by atoms with van der Waals surface area (Å²) in [6, 6.07) is 10.0. The first-order chi connectivity index (χ1) is 10.0. The summed E-state index contributed by atoms with van der Waals surface area (Å²) in [7, 11) is 0. The zero-order chi connectivity index (χ0) is 15.4. The van der Waals surface area contributed by atoms with Gasteiger partial charge in [0.05, 0.1) is 12.0 Å². The van der Waals surface area contributed by atoms with Crippen LogP contribution in [-0.4, -0.2) is 29.3 Å². The molecule has 1 aliphatic rings. The first-order valence-electron chi connectivity index (χ1n) is 7.67. The molecule has 2 rings (SSSR count). The smallest absolute Gasteiger partial charge is 0.225 e. The van der Waals surface area contributed by atoms with Crippen molar-refractivity contribution in [3.8, 4) is 0 Å². The molecular weight excluding hydrogens is 264 g/mol. The summed E-state index contributed by atoms with van der Waals surface area (Å²) < 4.78 is 0. The van der Waals surface area contributed by atoms with E-state index in [1.165, 1.54) is 0 Å². The van der Waals surface area contributed by atoms with Crippen LogP contribution < -0.4 is 5.32 Å². The quantitative estimate of drug-likeness (QED) is 0.905. The maximum Gasteiger partial charge on any atom is 0.225 e. The van der Waals surface area contributed by atoms with Gasteiger partial charge in [-0.05, 0) is 25.8 Å². The Bertz CT molecular complexity index is 501. The highest BCUT2D eigenvalue weighted by molar-refractivity contribution is 5.89. The number of carbonyl (C=O) groups excluding carboxylic acids is 2. The van der Waals surface area contributed by atoms with Crippen LogP contribution in [0.15, 0.2) is 30.3 Å². The Morgan fingerprint density at radius 3 is 2.62 bits per heavy atom. The largest absolute Gasteiger partial charge is 0.349 e. The SMILES string of the molecule is CCC(C)N1CC(C(=O)NC(C)c2ccccc2)CC1=O. The zero-order valence-electron chi connectivity index (χ0n) is 13.0. The molecule has 4 nitrogen and oxygen atoms in total. The Kier molecular flexibility index (Phi) is 4.99. The molecule has 1 aromatic carbocycles. The van der Waals surface area contributed by atoms with Gasteiger partial charge in [0.2, 0.25) is 11.8 Å². The summed E-state index contributed by atoms with van der Waals surface area (Å²) in [5.74, 6) is -0.153. The molecule has 0 aliphatic carbocycles. The van der Waals surface area contributed by atoms with Crippen LogP contribution in [0.25, 0.3) is 0 Å². The van der Waals surface area contributed by atoms with Gasteiger partial charge in [-0.25, -0.2) is 0 Å². The fourth-order valence-electron chi connectivity index (χ4n) is 2.71. The van der Waals surface area contributed by atoms with Crippen molar-refractivity contribution in [3.05, 3.63) is 35.9 Å². The van der Waals surface area contributed by atoms with Crippen molar-refractivity contribution in [1.82, 2.24) is 10.2 Å². The van der Waals surface area contributed by atoms with Crippen LogP contribution in [0.5, 0.6) is 0 Å². The van der Waals surface area contributed by atoms with Crippen LogP contribution in [-0.2, 0) is 9.59 Å². The van der Waals surface area contributed by atoms with Crippen molar-refractivity contribution in [2.24, 2.45) is 5.92 Å². The van der Waals surface area contributed by atoms with Gasteiger partial charge in [-0.1, -0.05) is 37.3 Å². The van der Waals surface area contributed by atoms with Crippen LogP contribution in [0.2, 0.25) is 0 Å². The molecular formula is C17H24N2O2. The molecule has 0 spiro atoms. The second-order valence-corrected chi connectivity index (χ2v) is 5.85. The van der Waals surface area contributed by atoms with E-state index in [1.807, 2.05) is 49.1 Å². The normalized spacial score (nSPS) is 21.2. The number of benzene rings is 1. The standard InChI is InChI=1S/C17H24N2O2/c1-4-12(2)19-11-15(10-16(19)20)17(21)18-13(3)14-8-6-5-7-9-14/h5-9,12-13,15H,4,10-11H2,1-3H3,(H,18,21). The van der Waals surface area contributed by atoms with Gasteiger partial charge in [0, 0.05) is 19.0 Å². The third-order valence-electron chi connectivity index (χ3n) is 4.31. The van der Waals surface area contributed by atoms with Crippen LogP contribution in [0, 0.1) is 5.92 Å². The molecule has 0 aromatic heterocycles. The summed E-state index contributed by atoms with van der Waals surface area (Å²) in [6.45, 7) is 6.60. The van der Waals surface area contributed by atoms with Crippen molar-refractivity contribution in [2.75, 3.05) is 6.54 Å². The Morgan fingerprint density at radius 1 is 1.33 bits per heavy atom. The predicted octanol–water partition coefficient (Wildman–Crippen LogP) is 2.51. The van der Waals surface area contributed by atoms with Crippen molar-refractivity contribution in [1.29, 1.82) is 0 Å². The van der Waals surface area contributed by atoms with Crippen molar-refractivity contribution in [3.63, 3.8) is 0 Å². The van der Waals surface area contributed by atoms with Gasteiger partial charge in [0.15, 0.2) is 0 Å². The van der Waals surface area contributed by atoms with E-state index in [-0.39, 0.29) is 29.8 Å². The summed E-state index contributed by atoms with van der Waals surface area (Å²) >= 11 is 0. The Hall–Kier alpha value is -1.84. The average molecular weight is 288 g/mol. The third-order valence-corrected chi connectivity index (χ3v) is 4.31. The van der Waals surface area contributed by atoms with E-state index in [1.54, 1.807) is 0 Å². The number of amides is 2. The Morgan fingerprint density at radius 2 is 2.00 bits per heavy atom. The van der Waals surface area contributed by atoms with E-state index in [2.05, 4.69) is 12.2 Å². The third kappa shape index (κ3) is 3.63. The number of likely N-dealkylation sites (tertiary alicyclic amines) is 1. The number of carbonyl (C=O) groups is 2. The van der Waals surface area contributed by atoms with Gasteiger partial charge in [-0.15, -0.1) is 0 Å². The molecule has 0 radical (unpaired) electrons. The first kappa shape index (κ1) is 15.5. The molecule has 1 heterocycles. The number of rotatable bonds is 5. The molecule has 3 unspecified atom stereocenters. The highest BCUT2D eigenvalue weighted by Crippen LogP contribution is 2.22. The Labute approximate surface area is 126 Å². The summed E-state index contributed by atoms with van der Waals surface area (Å²) in [5.41, 5.74) is 1.08. The second-order valence-electron chi connectivity index (χ2n) is 5.85. The molecule has 0 bridgehead atoms. The van der Waals surface area contributed by atoms with Gasteiger partial charge < -0.3 is 10.2 Å². The van der Waals surface area contributed by atoms with E-state index in [0.717, 1.165) is 12.0 Å². The van der Waals surface area contributed by atoms with E-state index in [0.29, 0.717) is 13.0 Å². The minimum Gasteiger partial charge on any atom is -0.349 e. The van der Waals surface area contributed by atoms with Crippen LogP contribution >= 0.6 is 0 Å². The molecule has 1 N–H and O–H groups in total. The van der Waals surface area contributed by atoms with Gasteiger partial charge in [-0.3, -0.25) is 9.59 Å². The summed E-state index contributed by atoms with van der Waals surface area (Å²) in [6.07, 6.45) is 1.25. The molecule has 21 heavy (non-hydrogen) atoms. The van der Waals surface area contributed by atoms with Crippen LogP contribution in [0.4, 0.5) is 0 Å². The highest BCUT2D eigenvalue weighted by atomic mass is 16.2. The molecule has 1 aromatic rings. The molecule has 114 valence electrons. The van der Waals surface area contributed by atoms with Crippen LogP contribution in [0.3, 0.4) is 0 Å². The number of nitrogens with zero attached hydrogens (tertiary/aromatic N) is 1. The molecule has 2 amide bonds. The fraction of sp³-hybridized carbons (Fsp3) is 0.529. The van der Waals surface area contributed by atoms with Gasteiger partial charge in [0.1, 0.15) is 0 Å². The van der Waals surface area contributed by atoms with E-state index < -0.39 is 0 Å². The molecule has 4 heteroatoms. The van der Waals surface area contributed by atoms with E-state index in [9.17, 15) is 9.59 Å². The van der Waals surface area contributed by atoms with Crippen LogP contribution in [0.1, 0.15) is 45.2 Å². The van der Waals surface area contributed by atoms with Gasteiger partial charge >= 0.3 is 0 Å². The molecule has 1 fully saturated rings. The van der Waals surface area contributed by atoms with Gasteiger partial charge in [0.25, 0.3) is 0 Å². The maximum absolute atomic E-state index is 12.3. The zero-order valence-corrected chi connectivity index (χ0v) is 13.0. The highest BCUT2D eigenvalue weighted by Gasteiger charge is 2.36. The number of hydrogen-bond donors (Lipinski definition) is 1. The molecule has 1 saturated heterocycles. The first-order valence-corrected chi connectivity index (χ1v) is 7.67. The lowest BCUT2D eigenvalue weighted by Crippen LogP contribution is -2.37. The molecule has 1 aliphatic heterocycles. The van der Waals surface area contributed by atoms with E-state index >= 15 is 0 Å². The maximum atomic E-state index is 12.3. The lowest BCUT2D eigenvalue weighted by molar-refractivity contribution is -0.130. The molecule has 3 atom stereocenters. The minimum atomic E-state index is -0.224. The summed E-state index contributed by atoms with van der Waals surface area (Å²) in [4.78, 5) is 26.2. The fourth-order valence-corrected chi connectivity index (χ4v) is 2.71. The topological polar surface area (TPSA) is 49.4 Å². The van der Waals surface area contributed by atoms with Crippen molar-refractivity contribution >= 4 is 11.8 Å².